The second-order valence-corrected chi connectivity index (χ2v) is 5.80. The fourth-order valence-corrected chi connectivity index (χ4v) is 2.67. The Balaban J connectivity index is 2.03. The highest BCUT2D eigenvalue weighted by Crippen LogP contribution is 2.24. The highest BCUT2D eigenvalue weighted by molar-refractivity contribution is 5.73. The zero-order valence-corrected chi connectivity index (χ0v) is 12.6. The maximum absolute atomic E-state index is 11.1. The van der Waals surface area contributed by atoms with Crippen molar-refractivity contribution in [2.45, 2.75) is 45.8 Å². The predicted molar refractivity (Wildman–Crippen MR) is 82.9 cm³/mol. The summed E-state index contributed by atoms with van der Waals surface area (Å²) in [5.41, 5.74) is 2.61. The van der Waals surface area contributed by atoms with E-state index >= 15 is 0 Å². The molecule has 1 amide bonds. The Hall–Kier alpha value is -1.55. The lowest BCUT2D eigenvalue weighted by Gasteiger charge is -2.23. The van der Waals surface area contributed by atoms with Crippen LogP contribution in [0.4, 0.5) is 5.69 Å². The number of anilines is 1. The van der Waals surface area contributed by atoms with Gasteiger partial charge in [0.2, 0.25) is 5.91 Å². The van der Waals surface area contributed by atoms with E-state index in [1.807, 2.05) is 0 Å². The molecule has 1 fully saturated rings. The van der Waals surface area contributed by atoms with Gasteiger partial charge < -0.3 is 15.5 Å². The van der Waals surface area contributed by atoms with Crippen LogP contribution in [0.15, 0.2) is 24.3 Å². The molecule has 1 aliphatic heterocycles. The van der Waals surface area contributed by atoms with Crippen molar-refractivity contribution in [3.8, 4) is 0 Å². The van der Waals surface area contributed by atoms with Crippen molar-refractivity contribution in [2.24, 2.45) is 0 Å². The third-order valence-corrected chi connectivity index (χ3v) is 3.63. The topological polar surface area (TPSA) is 44.4 Å². The molecule has 1 unspecified atom stereocenters. The standard InChI is InChI=1S/C16H25N3O/c1-12(2)17-10-14-6-4-5-7-16(14)19-9-8-15(11-19)18-13(3)20/h4-7,12,15,17H,8-11H2,1-3H3,(H,18,20). The van der Waals surface area contributed by atoms with Gasteiger partial charge in [-0.25, -0.2) is 0 Å². The summed E-state index contributed by atoms with van der Waals surface area (Å²) in [7, 11) is 0. The smallest absolute Gasteiger partial charge is 0.217 e. The molecule has 0 spiro atoms. The molecule has 0 radical (unpaired) electrons. The Morgan fingerprint density at radius 2 is 2.15 bits per heavy atom. The van der Waals surface area contributed by atoms with Crippen molar-refractivity contribution in [1.82, 2.24) is 10.6 Å². The van der Waals surface area contributed by atoms with Gasteiger partial charge in [0.05, 0.1) is 0 Å². The van der Waals surface area contributed by atoms with Crippen molar-refractivity contribution >= 4 is 11.6 Å². The minimum atomic E-state index is 0.0617. The first kappa shape index (κ1) is 14.9. The molecule has 1 heterocycles. The van der Waals surface area contributed by atoms with Gasteiger partial charge in [-0.2, -0.15) is 0 Å². The molecule has 1 aliphatic rings. The van der Waals surface area contributed by atoms with Crippen LogP contribution in [0.1, 0.15) is 32.8 Å². The third-order valence-electron chi connectivity index (χ3n) is 3.63. The van der Waals surface area contributed by atoms with E-state index < -0.39 is 0 Å². The monoisotopic (exact) mass is 275 g/mol. The summed E-state index contributed by atoms with van der Waals surface area (Å²) >= 11 is 0. The van der Waals surface area contributed by atoms with Crippen LogP contribution in [-0.4, -0.2) is 31.1 Å². The molecule has 4 nitrogen and oxygen atoms in total. The molecule has 2 N–H and O–H groups in total. The van der Waals surface area contributed by atoms with Crippen molar-refractivity contribution in [3.63, 3.8) is 0 Å². The predicted octanol–water partition coefficient (Wildman–Crippen LogP) is 1.90. The number of rotatable bonds is 5. The van der Waals surface area contributed by atoms with Crippen LogP contribution in [0.5, 0.6) is 0 Å². The van der Waals surface area contributed by atoms with Crippen LogP contribution in [0.2, 0.25) is 0 Å². The Labute approximate surface area is 121 Å². The highest BCUT2D eigenvalue weighted by atomic mass is 16.1. The molecule has 0 aromatic heterocycles. The summed E-state index contributed by atoms with van der Waals surface area (Å²) < 4.78 is 0. The van der Waals surface area contributed by atoms with Crippen molar-refractivity contribution in [1.29, 1.82) is 0 Å². The number of carbonyl (C=O) groups is 1. The molecule has 0 bridgehead atoms. The van der Waals surface area contributed by atoms with E-state index in [4.69, 9.17) is 0 Å². The fourth-order valence-electron chi connectivity index (χ4n) is 2.67. The number of hydrogen-bond donors (Lipinski definition) is 2. The molecule has 1 saturated heterocycles. The van der Waals surface area contributed by atoms with E-state index in [0.717, 1.165) is 26.1 Å². The molecular weight excluding hydrogens is 250 g/mol. The summed E-state index contributed by atoms with van der Waals surface area (Å²) in [5, 5.41) is 6.49. The molecule has 110 valence electrons. The van der Waals surface area contributed by atoms with Crippen molar-refractivity contribution < 1.29 is 4.79 Å². The van der Waals surface area contributed by atoms with Crippen LogP contribution < -0.4 is 15.5 Å². The van der Waals surface area contributed by atoms with Crippen LogP contribution in [-0.2, 0) is 11.3 Å². The molecule has 1 aromatic carbocycles. The average Bonchev–Trinajstić information content (AvgIpc) is 2.84. The van der Waals surface area contributed by atoms with E-state index in [1.54, 1.807) is 6.92 Å². The lowest BCUT2D eigenvalue weighted by molar-refractivity contribution is -0.119. The lowest BCUT2D eigenvalue weighted by atomic mass is 10.1. The first-order chi connectivity index (χ1) is 9.56. The summed E-state index contributed by atoms with van der Waals surface area (Å²) in [6, 6.07) is 9.28. The first-order valence-corrected chi connectivity index (χ1v) is 7.39. The normalized spacial score (nSPS) is 18.6. The number of amides is 1. The summed E-state index contributed by atoms with van der Waals surface area (Å²) in [6.07, 6.45) is 1.02. The Morgan fingerprint density at radius 3 is 2.85 bits per heavy atom. The Kier molecular flexibility index (Phi) is 5.01. The van der Waals surface area contributed by atoms with Gasteiger partial charge in [0, 0.05) is 44.3 Å². The van der Waals surface area contributed by atoms with Gasteiger partial charge in [0.1, 0.15) is 0 Å². The van der Waals surface area contributed by atoms with Gasteiger partial charge in [-0.3, -0.25) is 4.79 Å². The quantitative estimate of drug-likeness (QED) is 0.862. The van der Waals surface area contributed by atoms with Crippen LogP contribution in [0, 0.1) is 0 Å². The molecule has 2 rings (SSSR count). The molecule has 1 atom stereocenters. The second kappa shape index (κ2) is 6.75. The maximum atomic E-state index is 11.1. The third kappa shape index (κ3) is 3.97. The minimum absolute atomic E-state index is 0.0617. The fraction of sp³-hybridized carbons (Fsp3) is 0.562. The van der Waals surface area contributed by atoms with Gasteiger partial charge in [0.25, 0.3) is 0 Å². The van der Waals surface area contributed by atoms with E-state index in [1.165, 1.54) is 11.3 Å². The molecule has 0 aliphatic carbocycles. The summed E-state index contributed by atoms with van der Waals surface area (Å²) in [5.74, 6) is 0.0617. The largest absolute Gasteiger partial charge is 0.369 e. The van der Waals surface area contributed by atoms with Gasteiger partial charge in [-0.05, 0) is 18.1 Å². The molecular formula is C16H25N3O. The number of nitrogens with one attached hydrogen (secondary N) is 2. The van der Waals surface area contributed by atoms with Gasteiger partial charge in [0.15, 0.2) is 0 Å². The van der Waals surface area contributed by atoms with Gasteiger partial charge >= 0.3 is 0 Å². The van der Waals surface area contributed by atoms with Crippen LogP contribution in [0.25, 0.3) is 0 Å². The van der Waals surface area contributed by atoms with E-state index in [9.17, 15) is 4.79 Å². The maximum Gasteiger partial charge on any atom is 0.217 e. The van der Waals surface area contributed by atoms with E-state index in [0.29, 0.717) is 6.04 Å². The molecule has 1 aromatic rings. The SMILES string of the molecule is CC(=O)NC1CCN(c2ccccc2CNC(C)C)C1. The number of nitrogens with zero attached hydrogens (tertiary/aromatic N) is 1. The van der Waals surface area contributed by atoms with Gasteiger partial charge in [-0.15, -0.1) is 0 Å². The summed E-state index contributed by atoms with van der Waals surface area (Å²) in [4.78, 5) is 13.5. The van der Waals surface area contributed by atoms with E-state index in [2.05, 4.69) is 53.6 Å². The number of hydrogen-bond acceptors (Lipinski definition) is 3. The average molecular weight is 275 g/mol. The van der Waals surface area contributed by atoms with Crippen molar-refractivity contribution in [3.05, 3.63) is 29.8 Å². The zero-order valence-electron chi connectivity index (χ0n) is 12.6. The van der Waals surface area contributed by atoms with Gasteiger partial charge in [-0.1, -0.05) is 32.0 Å². The highest BCUT2D eigenvalue weighted by Gasteiger charge is 2.24. The Morgan fingerprint density at radius 1 is 1.40 bits per heavy atom. The zero-order chi connectivity index (χ0) is 14.5. The summed E-state index contributed by atoms with van der Waals surface area (Å²) in [6.45, 7) is 8.69. The van der Waals surface area contributed by atoms with Crippen LogP contribution >= 0.6 is 0 Å². The number of carbonyl (C=O) groups excluding carboxylic acids is 1. The Bertz CT molecular complexity index is 459. The molecule has 4 heteroatoms. The minimum Gasteiger partial charge on any atom is -0.369 e. The second-order valence-electron chi connectivity index (χ2n) is 5.80. The van der Waals surface area contributed by atoms with Crippen molar-refractivity contribution in [2.75, 3.05) is 18.0 Å². The lowest BCUT2D eigenvalue weighted by Crippen LogP contribution is -2.35. The number of para-hydroxylation sites is 1. The number of benzene rings is 1. The van der Waals surface area contributed by atoms with Crippen LogP contribution in [0.3, 0.4) is 0 Å². The first-order valence-electron chi connectivity index (χ1n) is 7.39. The molecule has 0 saturated carbocycles. The molecule has 20 heavy (non-hydrogen) atoms. The van der Waals surface area contributed by atoms with E-state index in [-0.39, 0.29) is 11.9 Å².